The first-order valence-electron chi connectivity index (χ1n) is 11.6. The van der Waals surface area contributed by atoms with E-state index in [0.29, 0.717) is 41.2 Å². The van der Waals surface area contributed by atoms with E-state index in [2.05, 4.69) is 10.3 Å². The number of nitrogens with one attached hydrogen (secondary N) is 1. The minimum Gasteiger partial charge on any atom is -0.481 e. The number of halogens is 1. The Balaban J connectivity index is 1.39. The van der Waals surface area contributed by atoms with Crippen LogP contribution in [0.3, 0.4) is 0 Å². The molecule has 0 spiro atoms. The average Bonchev–Trinajstić information content (AvgIpc) is 2.89. The Labute approximate surface area is 210 Å². The molecule has 0 unspecified atom stereocenters. The quantitative estimate of drug-likeness (QED) is 0.469. The van der Waals surface area contributed by atoms with Crippen molar-refractivity contribution in [3.63, 3.8) is 0 Å². The Morgan fingerprint density at radius 1 is 1.06 bits per heavy atom. The fraction of sp³-hybridized carbons (Fsp3) is 0.296. The van der Waals surface area contributed by atoms with Gasteiger partial charge in [0.1, 0.15) is 5.75 Å². The van der Waals surface area contributed by atoms with Crippen LogP contribution in [0.4, 0.5) is 4.79 Å². The van der Waals surface area contributed by atoms with Gasteiger partial charge in [-0.1, -0.05) is 35.9 Å². The minimum atomic E-state index is -0.332. The highest BCUT2D eigenvalue weighted by Gasteiger charge is 2.27. The molecule has 1 aromatic heterocycles. The number of methoxy groups -OCH3 is 1. The molecule has 0 bridgehead atoms. The summed E-state index contributed by atoms with van der Waals surface area (Å²) in [5, 5.41) is 3.73. The molecule has 2 aromatic carbocycles. The second-order valence-electron chi connectivity index (χ2n) is 8.51. The SMILES string of the molecule is COc1ccc([C@H](CC2CCN(C(=O)Oc3ccccc3)CC2)NC(=O)c2ccc(Cl)cc2)cn1. The first kappa shape index (κ1) is 24.5. The van der Waals surface area contributed by atoms with Gasteiger partial charge in [0.15, 0.2) is 0 Å². The van der Waals surface area contributed by atoms with Crippen molar-refractivity contribution in [2.24, 2.45) is 5.92 Å². The van der Waals surface area contributed by atoms with Crippen LogP contribution in [0.5, 0.6) is 11.6 Å². The summed E-state index contributed by atoms with van der Waals surface area (Å²) in [5.74, 6) is 1.21. The highest BCUT2D eigenvalue weighted by atomic mass is 35.5. The first-order valence-corrected chi connectivity index (χ1v) is 12.0. The lowest BCUT2D eigenvalue weighted by Crippen LogP contribution is -2.41. The predicted molar refractivity (Wildman–Crippen MR) is 134 cm³/mol. The second-order valence-corrected chi connectivity index (χ2v) is 8.95. The highest BCUT2D eigenvalue weighted by molar-refractivity contribution is 6.30. The van der Waals surface area contributed by atoms with Gasteiger partial charge in [0.25, 0.3) is 5.91 Å². The Kier molecular flexibility index (Phi) is 8.21. The van der Waals surface area contributed by atoms with Crippen molar-refractivity contribution in [3.8, 4) is 11.6 Å². The number of hydrogen-bond acceptors (Lipinski definition) is 5. The largest absolute Gasteiger partial charge is 0.481 e. The van der Waals surface area contributed by atoms with Crippen LogP contribution < -0.4 is 14.8 Å². The lowest BCUT2D eigenvalue weighted by molar-refractivity contribution is 0.0923. The molecule has 2 amide bonds. The van der Waals surface area contributed by atoms with Crippen molar-refractivity contribution in [3.05, 3.63) is 89.1 Å². The Morgan fingerprint density at radius 3 is 2.40 bits per heavy atom. The van der Waals surface area contributed by atoms with Gasteiger partial charge in [-0.05, 0) is 67.1 Å². The predicted octanol–water partition coefficient (Wildman–Crippen LogP) is 5.52. The number of ether oxygens (including phenoxy) is 2. The van der Waals surface area contributed by atoms with Gasteiger partial charge in [-0.2, -0.15) is 0 Å². The number of likely N-dealkylation sites (tertiary alicyclic amines) is 1. The molecule has 1 aliphatic heterocycles. The summed E-state index contributed by atoms with van der Waals surface area (Å²) in [6, 6.07) is 19.4. The van der Waals surface area contributed by atoms with Crippen molar-refractivity contribution in [2.45, 2.75) is 25.3 Å². The van der Waals surface area contributed by atoms with E-state index in [-0.39, 0.29) is 18.0 Å². The Morgan fingerprint density at radius 2 is 1.77 bits per heavy atom. The summed E-state index contributed by atoms with van der Waals surface area (Å²) in [5.41, 5.74) is 1.44. The van der Waals surface area contributed by atoms with E-state index in [1.54, 1.807) is 60.7 Å². The van der Waals surface area contributed by atoms with Crippen LogP contribution in [0, 0.1) is 5.92 Å². The number of piperidine rings is 1. The van der Waals surface area contributed by atoms with Crippen molar-refractivity contribution < 1.29 is 19.1 Å². The molecule has 0 aliphatic carbocycles. The number of carbonyl (C=O) groups is 2. The van der Waals surface area contributed by atoms with Crippen molar-refractivity contribution in [1.82, 2.24) is 15.2 Å². The molecular weight excluding hydrogens is 466 g/mol. The molecule has 7 nitrogen and oxygen atoms in total. The highest BCUT2D eigenvalue weighted by Crippen LogP contribution is 2.29. The molecule has 3 aromatic rings. The lowest BCUT2D eigenvalue weighted by Gasteiger charge is -2.33. The molecular formula is C27H28ClN3O4. The molecule has 35 heavy (non-hydrogen) atoms. The first-order chi connectivity index (χ1) is 17.0. The third-order valence-corrected chi connectivity index (χ3v) is 6.42. The summed E-state index contributed by atoms with van der Waals surface area (Å²) in [4.78, 5) is 31.5. The average molecular weight is 494 g/mol. The number of pyridine rings is 1. The maximum atomic E-state index is 13.0. The van der Waals surface area contributed by atoms with Crippen LogP contribution in [0.1, 0.15) is 41.2 Å². The number of nitrogens with zero attached hydrogens (tertiary/aromatic N) is 2. The summed E-state index contributed by atoms with van der Waals surface area (Å²) in [6.45, 7) is 1.21. The number of carbonyl (C=O) groups excluding carboxylic acids is 2. The zero-order valence-corrected chi connectivity index (χ0v) is 20.3. The molecule has 1 saturated heterocycles. The zero-order valence-electron chi connectivity index (χ0n) is 19.5. The van der Waals surface area contributed by atoms with E-state index < -0.39 is 0 Å². The molecule has 0 radical (unpaired) electrons. The number of rotatable bonds is 7. The maximum absolute atomic E-state index is 13.0. The molecule has 182 valence electrons. The number of para-hydroxylation sites is 1. The van der Waals surface area contributed by atoms with Crippen LogP contribution in [0.25, 0.3) is 0 Å². The van der Waals surface area contributed by atoms with Crippen LogP contribution >= 0.6 is 11.6 Å². The van der Waals surface area contributed by atoms with E-state index in [1.807, 2.05) is 24.3 Å². The fourth-order valence-corrected chi connectivity index (χ4v) is 4.30. The van der Waals surface area contributed by atoms with E-state index in [4.69, 9.17) is 21.1 Å². The standard InChI is InChI=1S/C27H28ClN3O4/c1-34-25-12-9-21(18-29-25)24(30-26(32)20-7-10-22(28)11-8-20)17-19-13-15-31(16-14-19)27(33)35-23-5-3-2-4-6-23/h2-12,18-19,24H,13-17H2,1H3,(H,30,32)/t24-/m0/s1. The van der Waals surface area contributed by atoms with E-state index in [9.17, 15) is 9.59 Å². The van der Waals surface area contributed by atoms with E-state index in [1.165, 1.54) is 0 Å². The van der Waals surface area contributed by atoms with Gasteiger partial charge in [-0.15, -0.1) is 0 Å². The normalized spacial score (nSPS) is 14.7. The van der Waals surface area contributed by atoms with Crippen LogP contribution in [-0.4, -0.2) is 42.1 Å². The summed E-state index contributed by atoms with van der Waals surface area (Å²) in [7, 11) is 1.57. The molecule has 0 saturated carbocycles. The Bertz CT molecular complexity index is 1120. The van der Waals surface area contributed by atoms with Gasteiger partial charge in [0.05, 0.1) is 13.2 Å². The van der Waals surface area contributed by atoms with Gasteiger partial charge in [0, 0.05) is 35.9 Å². The third-order valence-electron chi connectivity index (χ3n) is 6.17. The molecule has 1 aliphatic rings. The smallest absolute Gasteiger partial charge is 0.415 e. The van der Waals surface area contributed by atoms with Crippen molar-refractivity contribution in [1.29, 1.82) is 0 Å². The zero-order chi connectivity index (χ0) is 24.6. The summed E-state index contributed by atoms with van der Waals surface area (Å²) in [6.07, 6.45) is 3.77. The van der Waals surface area contributed by atoms with Crippen molar-refractivity contribution in [2.75, 3.05) is 20.2 Å². The van der Waals surface area contributed by atoms with Gasteiger partial charge in [-0.3, -0.25) is 4.79 Å². The third kappa shape index (κ3) is 6.73. The van der Waals surface area contributed by atoms with Crippen LogP contribution in [-0.2, 0) is 0 Å². The molecule has 2 heterocycles. The Hall–Kier alpha value is -3.58. The minimum absolute atomic E-state index is 0.175. The fourth-order valence-electron chi connectivity index (χ4n) is 4.18. The summed E-state index contributed by atoms with van der Waals surface area (Å²) < 4.78 is 10.6. The molecule has 1 fully saturated rings. The van der Waals surface area contributed by atoms with E-state index in [0.717, 1.165) is 24.8 Å². The number of amides is 2. The van der Waals surface area contributed by atoms with Gasteiger partial charge >= 0.3 is 6.09 Å². The molecule has 1 N–H and O–H groups in total. The summed E-state index contributed by atoms with van der Waals surface area (Å²) >= 11 is 5.97. The van der Waals surface area contributed by atoms with Gasteiger partial charge in [-0.25, -0.2) is 9.78 Å². The van der Waals surface area contributed by atoms with Crippen LogP contribution in [0.2, 0.25) is 5.02 Å². The maximum Gasteiger partial charge on any atom is 0.415 e. The number of hydrogen-bond donors (Lipinski definition) is 1. The number of benzene rings is 2. The van der Waals surface area contributed by atoms with Gasteiger partial charge < -0.3 is 19.7 Å². The molecule has 1 atom stereocenters. The van der Waals surface area contributed by atoms with Crippen LogP contribution in [0.15, 0.2) is 72.9 Å². The molecule has 8 heteroatoms. The second kappa shape index (κ2) is 11.7. The lowest BCUT2D eigenvalue weighted by atomic mass is 9.88. The monoisotopic (exact) mass is 493 g/mol. The molecule has 4 rings (SSSR count). The number of aromatic nitrogens is 1. The van der Waals surface area contributed by atoms with Gasteiger partial charge in [0.2, 0.25) is 5.88 Å². The topological polar surface area (TPSA) is 80.8 Å². The van der Waals surface area contributed by atoms with Crippen molar-refractivity contribution >= 4 is 23.6 Å². The van der Waals surface area contributed by atoms with E-state index >= 15 is 0 Å².